The van der Waals surface area contributed by atoms with Gasteiger partial charge >= 0.3 is 0 Å². The first kappa shape index (κ1) is 23.4. The maximum atomic E-state index is 13.0. The van der Waals surface area contributed by atoms with Crippen molar-refractivity contribution in [1.29, 1.82) is 0 Å². The Kier molecular flexibility index (Phi) is 9.75. The fraction of sp³-hybridized carbons (Fsp3) is 0.529. The molecule has 0 bridgehead atoms. The van der Waals surface area contributed by atoms with Crippen molar-refractivity contribution < 1.29 is 22.4 Å². The molecule has 0 aromatic heterocycles. The van der Waals surface area contributed by atoms with E-state index in [0.29, 0.717) is 17.7 Å². The van der Waals surface area contributed by atoms with E-state index < -0.39 is 33.8 Å². The normalized spacial score (nSPS) is 13.7. The van der Waals surface area contributed by atoms with E-state index in [1.54, 1.807) is 12.1 Å². The van der Waals surface area contributed by atoms with Gasteiger partial charge in [0.15, 0.2) is 0 Å². The summed E-state index contributed by atoms with van der Waals surface area (Å²) < 4.78 is 38.9. The number of hydrogen-bond donors (Lipinski definition) is 3. The summed E-state index contributed by atoms with van der Waals surface area (Å²) in [6, 6.07) is 4.74. The highest BCUT2D eigenvalue weighted by Gasteiger charge is 2.25. The van der Waals surface area contributed by atoms with Gasteiger partial charge in [0, 0.05) is 6.54 Å². The van der Waals surface area contributed by atoms with E-state index in [1.165, 1.54) is 30.8 Å². The first-order valence-corrected chi connectivity index (χ1v) is 11.5. The number of carbonyl (C=O) groups excluding carboxylic acids is 2. The van der Waals surface area contributed by atoms with Gasteiger partial charge in [-0.1, -0.05) is 12.1 Å². The van der Waals surface area contributed by atoms with Crippen molar-refractivity contribution in [1.82, 2.24) is 10.0 Å². The predicted octanol–water partition coefficient (Wildman–Crippen LogP) is 0.647. The number of benzene rings is 1. The van der Waals surface area contributed by atoms with E-state index in [1.807, 2.05) is 6.26 Å². The number of rotatable bonds is 12. The zero-order valence-corrected chi connectivity index (χ0v) is 17.0. The van der Waals surface area contributed by atoms with Gasteiger partial charge in [-0.3, -0.25) is 9.59 Å². The first-order chi connectivity index (χ1) is 12.7. The van der Waals surface area contributed by atoms with Crippen molar-refractivity contribution in [2.24, 2.45) is 11.7 Å². The lowest BCUT2D eigenvalue weighted by Gasteiger charge is -2.20. The lowest BCUT2D eigenvalue weighted by atomic mass is 9.98. The number of amides is 2. The molecule has 2 unspecified atom stereocenters. The average Bonchev–Trinajstić information content (AvgIpc) is 2.63. The summed E-state index contributed by atoms with van der Waals surface area (Å²) in [6.45, 7) is 1.45. The number of carbonyl (C=O) groups is 2. The molecule has 0 fully saturated rings. The van der Waals surface area contributed by atoms with Crippen molar-refractivity contribution in [2.45, 2.75) is 25.8 Å². The largest absolute Gasteiger partial charge is 0.369 e. The van der Waals surface area contributed by atoms with Gasteiger partial charge in [0.2, 0.25) is 21.8 Å². The predicted molar refractivity (Wildman–Crippen MR) is 105 cm³/mol. The van der Waals surface area contributed by atoms with Crippen molar-refractivity contribution >= 4 is 33.6 Å². The molecule has 27 heavy (non-hydrogen) atoms. The van der Waals surface area contributed by atoms with Crippen LogP contribution in [0.1, 0.15) is 18.9 Å². The average molecular weight is 420 g/mol. The Morgan fingerprint density at radius 1 is 1.26 bits per heavy atom. The molecule has 1 rings (SSSR count). The van der Waals surface area contributed by atoms with Crippen molar-refractivity contribution in [2.75, 3.05) is 24.3 Å². The lowest BCUT2D eigenvalue weighted by Crippen LogP contribution is -2.49. The first-order valence-electron chi connectivity index (χ1n) is 8.49. The van der Waals surface area contributed by atoms with Crippen molar-refractivity contribution in [3.8, 4) is 0 Å². The van der Waals surface area contributed by atoms with Crippen LogP contribution in [-0.4, -0.2) is 50.6 Å². The van der Waals surface area contributed by atoms with E-state index in [2.05, 4.69) is 10.0 Å². The molecule has 0 saturated heterocycles. The van der Waals surface area contributed by atoms with Crippen LogP contribution in [-0.2, 0) is 26.0 Å². The fourth-order valence-corrected chi connectivity index (χ4v) is 3.60. The third-order valence-electron chi connectivity index (χ3n) is 3.95. The summed E-state index contributed by atoms with van der Waals surface area (Å²) in [5, 5.41) is 2.60. The molecule has 0 aliphatic rings. The number of primary amides is 1. The molecular weight excluding hydrogens is 393 g/mol. The minimum absolute atomic E-state index is 0.0326. The summed E-state index contributed by atoms with van der Waals surface area (Å²) in [4.78, 5) is 24.1. The van der Waals surface area contributed by atoms with Crippen LogP contribution in [0.25, 0.3) is 0 Å². The molecule has 0 heterocycles. The highest BCUT2D eigenvalue weighted by Crippen LogP contribution is 2.10. The standard InChI is InChI=1S/C17H26FN3O4S2/c1-3-27(24,25)21-15(8-9-26-2)17(23)20-11-13(16(19)22)10-12-4-6-14(18)7-5-12/h4-7,13,15,21H,3,8-11H2,1-2H3,(H2,19,22)(H,20,23). The van der Waals surface area contributed by atoms with Crippen molar-refractivity contribution in [3.63, 3.8) is 0 Å². The maximum absolute atomic E-state index is 13.0. The van der Waals surface area contributed by atoms with Crippen LogP contribution >= 0.6 is 11.8 Å². The molecule has 0 aliphatic carbocycles. The molecule has 1 aromatic rings. The number of nitrogens with one attached hydrogen (secondary N) is 2. The lowest BCUT2D eigenvalue weighted by molar-refractivity contribution is -0.124. The smallest absolute Gasteiger partial charge is 0.238 e. The number of thioether (sulfide) groups is 1. The van der Waals surface area contributed by atoms with Gasteiger partial charge in [-0.05, 0) is 49.5 Å². The third kappa shape index (κ3) is 8.72. The van der Waals surface area contributed by atoms with Gasteiger partial charge in [-0.2, -0.15) is 11.8 Å². The van der Waals surface area contributed by atoms with Crippen LogP contribution in [0.4, 0.5) is 4.39 Å². The second kappa shape index (κ2) is 11.3. The van der Waals surface area contributed by atoms with E-state index in [4.69, 9.17) is 5.73 Å². The van der Waals surface area contributed by atoms with E-state index in [9.17, 15) is 22.4 Å². The zero-order valence-electron chi connectivity index (χ0n) is 15.4. The summed E-state index contributed by atoms with van der Waals surface area (Å²) >= 11 is 1.49. The Morgan fingerprint density at radius 2 is 1.89 bits per heavy atom. The summed E-state index contributed by atoms with van der Waals surface area (Å²) in [6.07, 6.45) is 2.42. The van der Waals surface area contributed by atoms with E-state index >= 15 is 0 Å². The molecule has 2 atom stereocenters. The number of sulfonamides is 1. The molecule has 0 aliphatic heterocycles. The Balaban J connectivity index is 2.73. The number of hydrogen-bond acceptors (Lipinski definition) is 5. The summed E-state index contributed by atoms with van der Waals surface area (Å²) in [7, 11) is -3.55. The number of nitrogens with two attached hydrogens (primary N) is 1. The van der Waals surface area contributed by atoms with Gasteiger partial charge in [0.25, 0.3) is 0 Å². The quantitative estimate of drug-likeness (QED) is 0.460. The molecule has 2 amide bonds. The second-order valence-electron chi connectivity index (χ2n) is 6.03. The van der Waals surface area contributed by atoms with Gasteiger partial charge in [-0.15, -0.1) is 0 Å². The third-order valence-corrected chi connectivity index (χ3v) is 6.00. The SMILES string of the molecule is CCS(=O)(=O)NC(CCSC)C(=O)NCC(Cc1ccc(F)cc1)C(N)=O. The van der Waals surface area contributed by atoms with E-state index in [-0.39, 0.29) is 24.5 Å². The monoisotopic (exact) mass is 419 g/mol. The van der Waals surface area contributed by atoms with Crippen LogP contribution in [0.2, 0.25) is 0 Å². The highest BCUT2D eigenvalue weighted by molar-refractivity contribution is 7.98. The van der Waals surface area contributed by atoms with Gasteiger partial charge in [0.05, 0.1) is 11.7 Å². The zero-order chi connectivity index (χ0) is 20.4. The minimum atomic E-state index is -3.55. The van der Waals surface area contributed by atoms with Crippen LogP contribution in [0.15, 0.2) is 24.3 Å². The van der Waals surface area contributed by atoms with Gasteiger partial charge in [0.1, 0.15) is 11.9 Å². The highest BCUT2D eigenvalue weighted by atomic mass is 32.2. The Labute approximate surface area is 163 Å². The molecule has 152 valence electrons. The molecule has 0 spiro atoms. The molecule has 1 aromatic carbocycles. The van der Waals surface area contributed by atoms with Crippen molar-refractivity contribution in [3.05, 3.63) is 35.6 Å². The van der Waals surface area contributed by atoms with Gasteiger partial charge in [-0.25, -0.2) is 17.5 Å². The molecule has 4 N–H and O–H groups in total. The molecule has 10 heteroatoms. The van der Waals surface area contributed by atoms with Gasteiger partial charge < -0.3 is 11.1 Å². The van der Waals surface area contributed by atoms with Crippen LogP contribution in [0, 0.1) is 11.7 Å². The molecule has 0 radical (unpaired) electrons. The maximum Gasteiger partial charge on any atom is 0.238 e. The van der Waals surface area contributed by atoms with Crippen LogP contribution in [0.3, 0.4) is 0 Å². The molecule has 0 saturated carbocycles. The minimum Gasteiger partial charge on any atom is -0.369 e. The second-order valence-corrected chi connectivity index (χ2v) is 9.06. The number of halogens is 1. The Morgan fingerprint density at radius 3 is 2.41 bits per heavy atom. The molecular formula is C17H26FN3O4S2. The summed E-state index contributed by atoms with van der Waals surface area (Å²) in [5.74, 6) is -1.73. The Bertz CT molecular complexity index is 726. The van der Waals surface area contributed by atoms with E-state index in [0.717, 1.165) is 0 Å². The Hall–Kier alpha value is -1.65. The topological polar surface area (TPSA) is 118 Å². The fourth-order valence-electron chi connectivity index (χ4n) is 2.30. The van der Waals surface area contributed by atoms with Crippen LogP contribution < -0.4 is 15.8 Å². The summed E-state index contributed by atoms with van der Waals surface area (Å²) in [5.41, 5.74) is 6.11. The van der Waals surface area contributed by atoms with Crippen LogP contribution in [0.5, 0.6) is 0 Å². The molecule has 7 nitrogen and oxygen atoms in total.